The standard InChI is InChI=1S/C8H14F2N2O/c1-12(4-6(9)10)7(13)8(5-11)2-3-8/h6H,2-5,11H2,1H3. The van der Waals surface area contributed by atoms with Crippen LogP contribution in [0.3, 0.4) is 0 Å². The average molecular weight is 192 g/mol. The second kappa shape index (κ2) is 3.57. The summed E-state index contributed by atoms with van der Waals surface area (Å²) < 4.78 is 23.9. The zero-order chi connectivity index (χ0) is 10.1. The molecule has 0 saturated heterocycles. The van der Waals surface area contributed by atoms with E-state index in [0.29, 0.717) is 0 Å². The van der Waals surface area contributed by atoms with E-state index >= 15 is 0 Å². The molecule has 0 radical (unpaired) electrons. The lowest BCUT2D eigenvalue weighted by molar-refractivity contribution is -0.137. The van der Waals surface area contributed by atoms with Crippen LogP contribution in [0.1, 0.15) is 12.8 Å². The van der Waals surface area contributed by atoms with Gasteiger partial charge in [0.05, 0.1) is 12.0 Å². The molecular formula is C8H14F2N2O. The van der Waals surface area contributed by atoms with Crippen molar-refractivity contribution in [2.24, 2.45) is 11.1 Å². The maximum atomic E-state index is 11.9. The Hall–Kier alpha value is -0.710. The van der Waals surface area contributed by atoms with Crippen LogP contribution in [0.15, 0.2) is 0 Å². The van der Waals surface area contributed by atoms with Gasteiger partial charge in [-0.3, -0.25) is 4.79 Å². The van der Waals surface area contributed by atoms with Crippen LogP contribution in [0.5, 0.6) is 0 Å². The Bertz CT molecular complexity index is 204. The first-order chi connectivity index (χ1) is 6.02. The number of nitrogens with zero attached hydrogens (tertiary/aromatic N) is 1. The minimum Gasteiger partial charge on any atom is -0.340 e. The molecule has 0 aliphatic heterocycles. The third-order valence-electron chi connectivity index (χ3n) is 2.46. The molecule has 0 atom stereocenters. The molecule has 1 saturated carbocycles. The second-order valence-electron chi connectivity index (χ2n) is 3.56. The number of rotatable bonds is 4. The van der Waals surface area contributed by atoms with Crippen molar-refractivity contribution in [1.82, 2.24) is 4.90 Å². The molecule has 0 unspecified atom stereocenters. The molecule has 76 valence electrons. The molecule has 1 aliphatic carbocycles. The summed E-state index contributed by atoms with van der Waals surface area (Å²) in [6.45, 7) is -0.236. The van der Waals surface area contributed by atoms with Crippen LogP contribution < -0.4 is 5.73 Å². The van der Waals surface area contributed by atoms with Crippen LogP contribution in [-0.4, -0.2) is 37.4 Å². The van der Waals surface area contributed by atoms with Crippen molar-refractivity contribution in [3.05, 3.63) is 0 Å². The first kappa shape index (κ1) is 10.4. The summed E-state index contributed by atoms with van der Waals surface area (Å²) in [6.07, 6.45) is -1.01. The van der Waals surface area contributed by atoms with E-state index < -0.39 is 18.4 Å². The normalized spacial score (nSPS) is 18.8. The first-order valence-electron chi connectivity index (χ1n) is 4.25. The molecule has 0 aromatic heterocycles. The molecular weight excluding hydrogens is 178 g/mol. The summed E-state index contributed by atoms with van der Waals surface area (Å²) in [7, 11) is 1.39. The van der Waals surface area contributed by atoms with Gasteiger partial charge in [0.15, 0.2) is 0 Å². The Balaban J connectivity index is 2.47. The van der Waals surface area contributed by atoms with Gasteiger partial charge in [-0.25, -0.2) is 8.78 Å². The molecule has 1 rings (SSSR count). The maximum absolute atomic E-state index is 11.9. The summed E-state index contributed by atoms with van der Waals surface area (Å²) in [5.41, 5.74) is 4.89. The largest absolute Gasteiger partial charge is 0.340 e. The van der Waals surface area contributed by atoms with E-state index in [1.807, 2.05) is 0 Å². The van der Waals surface area contributed by atoms with E-state index in [4.69, 9.17) is 5.73 Å². The number of carbonyl (C=O) groups is 1. The van der Waals surface area contributed by atoms with Crippen LogP contribution in [0.25, 0.3) is 0 Å². The molecule has 0 spiro atoms. The van der Waals surface area contributed by atoms with Crippen LogP contribution >= 0.6 is 0 Å². The predicted molar refractivity (Wildman–Crippen MR) is 44.4 cm³/mol. The van der Waals surface area contributed by atoms with E-state index in [-0.39, 0.29) is 12.5 Å². The highest BCUT2D eigenvalue weighted by molar-refractivity contribution is 5.85. The predicted octanol–water partition coefficient (Wildman–Crippen LogP) is 0.449. The lowest BCUT2D eigenvalue weighted by atomic mass is 10.1. The minimum absolute atomic E-state index is 0.240. The summed E-state index contributed by atoms with van der Waals surface area (Å²) in [5.74, 6) is -0.240. The highest BCUT2D eigenvalue weighted by Gasteiger charge is 2.49. The van der Waals surface area contributed by atoms with Gasteiger partial charge >= 0.3 is 0 Å². The molecule has 3 nitrogen and oxygen atoms in total. The van der Waals surface area contributed by atoms with Gasteiger partial charge in [-0.2, -0.15) is 0 Å². The van der Waals surface area contributed by atoms with E-state index in [1.54, 1.807) is 0 Å². The fraction of sp³-hybridized carbons (Fsp3) is 0.875. The summed E-state index contributed by atoms with van der Waals surface area (Å²) in [5, 5.41) is 0. The van der Waals surface area contributed by atoms with Crippen molar-refractivity contribution in [2.75, 3.05) is 20.1 Å². The third-order valence-corrected chi connectivity index (χ3v) is 2.46. The Morgan fingerprint density at radius 3 is 2.46 bits per heavy atom. The zero-order valence-corrected chi connectivity index (χ0v) is 7.59. The van der Waals surface area contributed by atoms with Crippen molar-refractivity contribution in [3.63, 3.8) is 0 Å². The van der Waals surface area contributed by atoms with Crippen molar-refractivity contribution in [1.29, 1.82) is 0 Å². The monoisotopic (exact) mass is 192 g/mol. The Morgan fingerprint density at radius 1 is 1.62 bits per heavy atom. The summed E-state index contributed by atoms with van der Waals surface area (Å²) in [4.78, 5) is 12.6. The highest BCUT2D eigenvalue weighted by atomic mass is 19.3. The van der Waals surface area contributed by atoms with Crippen molar-refractivity contribution < 1.29 is 13.6 Å². The van der Waals surface area contributed by atoms with Crippen LogP contribution in [0, 0.1) is 5.41 Å². The fourth-order valence-corrected chi connectivity index (χ4v) is 1.35. The molecule has 2 N–H and O–H groups in total. The van der Waals surface area contributed by atoms with Crippen molar-refractivity contribution in [2.45, 2.75) is 19.3 Å². The van der Waals surface area contributed by atoms with Gasteiger partial charge < -0.3 is 10.6 Å². The number of hydrogen-bond donors (Lipinski definition) is 1. The third kappa shape index (κ3) is 2.15. The quantitative estimate of drug-likeness (QED) is 0.703. The molecule has 1 amide bonds. The molecule has 5 heteroatoms. The molecule has 0 aromatic rings. The van der Waals surface area contributed by atoms with E-state index in [0.717, 1.165) is 17.7 Å². The molecule has 0 aromatic carbocycles. The molecule has 1 fully saturated rings. The van der Waals surface area contributed by atoms with Gasteiger partial charge in [0.25, 0.3) is 6.43 Å². The molecule has 1 aliphatic rings. The topological polar surface area (TPSA) is 46.3 Å². The number of carbonyl (C=O) groups excluding carboxylic acids is 1. The first-order valence-corrected chi connectivity index (χ1v) is 4.25. The van der Waals surface area contributed by atoms with E-state index in [1.165, 1.54) is 7.05 Å². The minimum atomic E-state index is -2.47. The van der Waals surface area contributed by atoms with Gasteiger partial charge in [0.2, 0.25) is 5.91 Å². The zero-order valence-electron chi connectivity index (χ0n) is 7.59. The van der Waals surface area contributed by atoms with E-state index in [9.17, 15) is 13.6 Å². The fourth-order valence-electron chi connectivity index (χ4n) is 1.35. The number of alkyl halides is 2. The molecule has 13 heavy (non-hydrogen) atoms. The van der Waals surface area contributed by atoms with Crippen LogP contribution in [-0.2, 0) is 4.79 Å². The smallest absolute Gasteiger partial charge is 0.255 e. The Morgan fingerprint density at radius 2 is 2.15 bits per heavy atom. The van der Waals surface area contributed by atoms with Crippen molar-refractivity contribution in [3.8, 4) is 0 Å². The van der Waals surface area contributed by atoms with Gasteiger partial charge in [-0.05, 0) is 12.8 Å². The summed E-state index contributed by atoms with van der Waals surface area (Å²) in [6, 6.07) is 0. The van der Waals surface area contributed by atoms with E-state index in [2.05, 4.69) is 0 Å². The van der Waals surface area contributed by atoms with Gasteiger partial charge in [0, 0.05) is 13.6 Å². The van der Waals surface area contributed by atoms with Crippen LogP contribution in [0.4, 0.5) is 8.78 Å². The summed E-state index contributed by atoms with van der Waals surface area (Å²) >= 11 is 0. The van der Waals surface area contributed by atoms with Gasteiger partial charge in [0.1, 0.15) is 0 Å². The molecule has 0 bridgehead atoms. The maximum Gasteiger partial charge on any atom is 0.255 e. The lowest BCUT2D eigenvalue weighted by Crippen LogP contribution is -2.40. The highest BCUT2D eigenvalue weighted by Crippen LogP contribution is 2.45. The van der Waals surface area contributed by atoms with Crippen LogP contribution in [0.2, 0.25) is 0 Å². The average Bonchev–Trinajstić information content (AvgIpc) is 2.82. The number of hydrogen-bond acceptors (Lipinski definition) is 2. The number of amides is 1. The molecule has 0 heterocycles. The van der Waals surface area contributed by atoms with Gasteiger partial charge in [-0.15, -0.1) is 0 Å². The second-order valence-corrected chi connectivity index (χ2v) is 3.56. The van der Waals surface area contributed by atoms with Gasteiger partial charge in [-0.1, -0.05) is 0 Å². The van der Waals surface area contributed by atoms with Crippen molar-refractivity contribution >= 4 is 5.91 Å². The number of halogens is 2. The number of nitrogens with two attached hydrogens (primary N) is 1. The lowest BCUT2D eigenvalue weighted by Gasteiger charge is -2.21. The Kier molecular flexibility index (Phi) is 2.85. The SMILES string of the molecule is CN(CC(F)F)C(=O)C1(CN)CC1. The Labute approximate surface area is 75.9 Å².